The summed E-state index contributed by atoms with van der Waals surface area (Å²) in [7, 11) is 0. The molecule has 0 heterocycles. The third-order valence-corrected chi connectivity index (χ3v) is 3.43. The average Bonchev–Trinajstić information content (AvgIpc) is 2.95. The Kier molecular flexibility index (Phi) is 4.58. The Morgan fingerprint density at radius 1 is 1.53 bits per heavy atom. The van der Waals surface area contributed by atoms with Gasteiger partial charge in [-0.15, -0.1) is 0 Å². The zero-order valence-corrected chi connectivity index (χ0v) is 10.0. The first kappa shape index (κ1) is 12.5. The molecule has 1 aliphatic carbocycles. The molecule has 0 spiro atoms. The molecule has 1 amide bonds. The molecule has 0 aromatic carbocycles. The Morgan fingerprint density at radius 2 is 2.20 bits per heavy atom. The molecule has 0 saturated heterocycles. The number of carbonyl (C=O) groups is 1. The van der Waals surface area contributed by atoms with Crippen molar-refractivity contribution in [3.63, 3.8) is 0 Å². The van der Waals surface area contributed by atoms with Gasteiger partial charge in [0.2, 0.25) is 5.91 Å². The minimum Gasteiger partial charge on any atom is -0.356 e. The topological polar surface area (TPSA) is 55.1 Å². The molecule has 3 heteroatoms. The van der Waals surface area contributed by atoms with E-state index in [-0.39, 0.29) is 11.9 Å². The van der Waals surface area contributed by atoms with E-state index < -0.39 is 0 Å². The van der Waals surface area contributed by atoms with Gasteiger partial charge in [-0.2, -0.15) is 0 Å². The van der Waals surface area contributed by atoms with Crippen molar-refractivity contribution in [2.75, 3.05) is 6.54 Å². The van der Waals surface area contributed by atoms with Crippen LogP contribution in [0.15, 0.2) is 0 Å². The van der Waals surface area contributed by atoms with Crippen LogP contribution in [0.25, 0.3) is 0 Å². The largest absolute Gasteiger partial charge is 0.356 e. The van der Waals surface area contributed by atoms with Crippen molar-refractivity contribution in [1.82, 2.24) is 5.32 Å². The maximum Gasteiger partial charge on any atom is 0.220 e. The summed E-state index contributed by atoms with van der Waals surface area (Å²) in [4.78, 5) is 11.5. The smallest absolute Gasteiger partial charge is 0.220 e. The average molecular weight is 212 g/mol. The van der Waals surface area contributed by atoms with Crippen molar-refractivity contribution >= 4 is 5.91 Å². The zero-order chi connectivity index (χ0) is 11.3. The van der Waals surface area contributed by atoms with Crippen LogP contribution >= 0.6 is 0 Å². The van der Waals surface area contributed by atoms with Crippen LogP contribution in [0.3, 0.4) is 0 Å². The Morgan fingerprint density at radius 3 is 2.67 bits per heavy atom. The summed E-state index contributed by atoms with van der Waals surface area (Å²) in [5, 5.41) is 3.03. The molecule has 1 unspecified atom stereocenters. The summed E-state index contributed by atoms with van der Waals surface area (Å²) in [6, 6.07) is 0.211. The van der Waals surface area contributed by atoms with Crippen LogP contribution in [0.5, 0.6) is 0 Å². The molecular formula is C12H24N2O. The minimum absolute atomic E-state index is 0.190. The van der Waals surface area contributed by atoms with E-state index in [1.807, 2.05) is 6.92 Å². The lowest BCUT2D eigenvalue weighted by molar-refractivity contribution is -0.121. The van der Waals surface area contributed by atoms with Crippen molar-refractivity contribution in [2.24, 2.45) is 11.1 Å². The third kappa shape index (κ3) is 4.65. The standard InChI is InChI=1S/C12H24N2O/c1-3-12(7-8-12)9-14-11(15)6-4-5-10(2)13/h10H,3-9,13H2,1-2H3,(H,14,15). The predicted molar refractivity (Wildman–Crippen MR) is 62.5 cm³/mol. The summed E-state index contributed by atoms with van der Waals surface area (Å²) < 4.78 is 0. The van der Waals surface area contributed by atoms with Crippen LogP contribution in [0.4, 0.5) is 0 Å². The fraction of sp³-hybridized carbons (Fsp3) is 0.917. The van der Waals surface area contributed by atoms with Gasteiger partial charge in [0.15, 0.2) is 0 Å². The molecular weight excluding hydrogens is 188 g/mol. The normalized spacial score (nSPS) is 19.7. The summed E-state index contributed by atoms with van der Waals surface area (Å²) >= 11 is 0. The predicted octanol–water partition coefficient (Wildman–Crippen LogP) is 1.81. The first-order valence-electron chi connectivity index (χ1n) is 6.10. The van der Waals surface area contributed by atoms with Gasteiger partial charge < -0.3 is 11.1 Å². The maximum atomic E-state index is 11.5. The summed E-state index contributed by atoms with van der Waals surface area (Å²) in [5.41, 5.74) is 6.08. The van der Waals surface area contributed by atoms with E-state index in [1.54, 1.807) is 0 Å². The van der Waals surface area contributed by atoms with Crippen molar-refractivity contribution in [1.29, 1.82) is 0 Å². The van der Waals surface area contributed by atoms with Crippen LogP contribution in [-0.2, 0) is 4.79 Å². The van der Waals surface area contributed by atoms with E-state index in [4.69, 9.17) is 5.73 Å². The molecule has 0 bridgehead atoms. The lowest BCUT2D eigenvalue weighted by atomic mass is 10.0. The Bertz CT molecular complexity index is 210. The van der Waals surface area contributed by atoms with E-state index in [0.29, 0.717) is 11.8 Å². The number of nitrogens with two attached hydrogens (primary N) is 1. The van der Waals surface area contributed by atoms with Gasteiger partial charge in [0, 0.05) is 19.0 Å². The van der Waals surface area contributed by atoms with Gasteiger partial charge in [0.25, 0.3) is 0 Å². The fourth-order valence-electron chi connectivity index (χ4n) is 1.79. The van der Waals surface area contributed by atoms with E-state index in [1.165, 1.54) is 19.3 Å². The minimum atomic E-state index is 0.190. The summed E-state index contributed by atoms with van der Waals surface area (Å²) in [5.74, 6) is 0.190. The monoisotopic (exact) mass is 212 g/mol. The van der Waals surface area contributed by atoms with E-state index in [2.05, 4.69) is 12.2 Å². The van der Waals surface area contributed by atoms with Gasteiger partial charge in [0.05, 0.1) is 0 Å². The Hall–Kier alpha value is -0.570. The van der Waals surface area contributed by atoms with E-state index in [9.17, 15) is 4.79 Å². The number of hydrogen-bond acceptors (Lipinski definition) is 2. The highest BCUT2D eigenvalue weighted by atomic mass is 16.1. The van der Waals surface area contributed by atoms with Crippen molar-refractivity contribution in [3.05, 3.63) is 0 Å². The zero-order valence-electron chi connectivity index (χ0n) is 10.0. The maximum absolute atomic E-state index is 11.5. The van der Waals surface area contributed by atoms with Gasteiger partial charge in [-0.1, -0.05) is 6.92 Å². The molecule has 1 atom stereocenters. The van der Waals surface area contributed by atoms with E-state index >= 15 is 0 Å². The van der Waals surface area contributed by atoms with Gasteiger partial charge in [-0.25, -0.2) is 0 Å². The summed E-state index contributed by atoms with van der Waals surface area (Å²) in [6.07, 6.45) is 6.22. The number of carbonyl (C=O) groups excluding carboxylic acids is 1. The molecule has 0 aromatic heterocycles. The molecule has 3 nitrogen and oxygen atoms in total. The number of nitrogens with one attached hydrogen (secondary N) is 1. The Labute approximate surface area is 92.8 Å². The summed E-state index contributed by atoms with van der Waals surface area (Å²) in [6.45, 7) is 5.06. The van der Waals surface area contributed by atoms with E-state index in [0.717, 1.165) is 19.4 Å². The second-order valence-electron chi connectivity index (χ2n) is 5.00. The quantitative estimate of drug-likeness (QED) is 0.676. The van der Waals surface area contributed by atoms with Gasteiger partial charge in [-0.3, -0.25) is 4.79 Å². The Balaban J connectivity index is 2.04. The molecule has 15 heavy (non-hydrogen) atoms. The molecule has 0 aliphatic heterocycles. The number of rotatable bonds is 7. The van der Waals surface area contributed by atoms with Crippen LogP contribution < -0.4 is 11.1 Å². The molecule has 1 aliphatic rings. The van der Waals surface area contributed by atoms with Crippen molar-refractivity contribution < 1.29 is 4.79 Å². The second-order valence-corrected chi connectivity index (χ2v) is 5.00. The third-order valence-electron chi connectivity index (χ3n) is 3.43. The highest BCUT2D eigenvalue weighted by Gasteiger charge is 2.40. The highest BCUT2D eigenvalue weighted by molar-refractivity contribution is 5.75. The van der Waals surface area contributed by atoms with Crippen molar-refractivity contribution in [3.8, 4) is 0 Å². The molecule has 3 N–H and O–H groups in total. The molecule has 88 valence electrons. The number of hydrogen-bond donors (Lipinski definition) is 2. The molecule has 1 fully saturated rings. The van der Waals surface area contributed by atoms with Gasteiger partial charge >= 0.3 is 0 Å². The fourth-order valence-corrected chi connectivity index (χ4v) is 1.79. The van der Waals surface area contributed by atoms with Crippen LogP contribution in [0, 0.1) is 5.41 Å². The van der Waals surface area contributed by atoms with Crippen LogP contribution in [0.1, 0.15) is 52.4 Å². The first-order valence-corrected chi connectivity index (χ1v) is 6.10. The van der Waals surface area contributed by atoms with Gasteiger partial charge in [-0.05, 0) is 44.4 Å². The van der Waals surface area contributed by atoms with Crippen LogP contribution in [-0.4, -0.2) is 18.5 Å². The van der Waals surface area contributed by atoms with Gasteiger partial charge in [0.1, 0.15) is 0 Å². The molecule has 0 radical (unpaired) electrons. The molecule has 1 rings (SSSR count). The highest BCUT2D eigenvalue weighted by Crippen LogP contribution is 2.47. The van der Waals surface area contributed by atoms with Crippen LogP contribution in [0.2, 0.25) is 0 Å². The molecule has 0 aromatic rings. The lowest BCUT2D eigenvalue weighted by Gasteiger charge is -2.13. The number of amides is 1. The lowest BCUT2D eigenvalue weighted by Crippen LogP contribution is -2.30. The molecule has 1 saturated carbocycles. The van der Waals surface area contributed by atoms with Crippen molar-refractivity contribution in [2.45, 2.75) is 58.4 Å². The second kappa shape index (κ2) is 5.50. The first-order chi connectivity index (χ1) is 7.08. The SMILES string of the molecule is CCC1(CNC(=O)CCCC(C)N)CC1.